The van der Waals surface area contributed by atoms with Gasteiger partial charge in [0.1, 0.15) is 12.4 Å². The van der Waals surface area contributed by atoms with Crippen molar-refractivity contribution < 1.29 is 9.53 Å². The monoisotopic (exact) mass is 436 g/mol. The Balaban J connectivity index is 1.66. The molecule has 1 N–H and O–H groups in total. The summed E-state index contributed by atoms with van der Waals surface area (Å²) < 4.78 is 7.97. The molecule has 0 fully saturated rings. The van der Waals surface area contributed by atoms with Gasteiger partial charge in [-0.05, 0) is 43.0 Å². The van der Waals surface area contributed by atoms with Gasteiger partial charge in [-0.1, -0.05) is 61.2 Å². The molecule has 0 saturated carbocycles. The van der Waals surface area contributed by atoms with Crippen LogP contribution in [0.15, 0.2) is 60.3 Å². The van der Waals surface area contributed by atoms with Crippen LogP contribution >= 0.6 is 11.8 Å². The average Bonchev–Trinajstić information content (AvgIpc) is 3.14. The Hall–Kier alpha value is -3.06. The Morgan fingerprint density at radius 3 is 2.61 bits per heavy atom. The third kappa shape index (κ3) is 5.76. The zero-order valence-electron chi connectivity index (χ0n) is 18.2. The van der Waals surface area contributed by atoms with Crippen molar-refractivity contribution in [1.82, 2.24) is 14.8 Å². The number of thioether (sulfide) groups is 1. The van der Waals surface area contributed by atoms with E-state index in [1.165, 1.54) is 11.8 Å². The average molecular weight is 437 g/mol. The lowest BCUT2D eigenvalue weighted by Gasteiger charge is -2.13. The molecule has 0 bridgehead atoms. The van der Waals surface area contributed by atoms with Gasteiger partial charge in [-0.15, -0.1) is 16.8 Å². The number of anilines is 1. The van der Waals surface area contributed by atoms with Crippen LogP contribution in [0.25, 0.3) is 0 Å². The van der Waals surface area contributed by atoms with E-state index < -0.39 is 0 Å². The first-order valence-corrected chi connectivity index (χ1v) is 11.2. The molecule has 1 aromatic heterocycles. The predicted molar refractivity (Wildman–Crippen MR) is 126 cm³/mol. The fourth-order valence-corrected chi connectivity index (χ4v) is 4.04. The Morgan fingerprint density at radius 1 is 1.16 bits per heavy atom. The summed E-state index contributed by atoms with van der Waals surface area (Å²) in [6, 6.07) is 13.9. The Morgan fingerprint density at radius 2 is 1.90 bits per heavy atom. The van der Waals surface area contributed by atoms with Crippen LogP contribution < -0.4 is 10.1 Å². The van der Waals surface area contributed by atoms with Crippen molar-refractivity contribution in [1.29, 1.82) is 0 Å². The van der Waals surface area contributed by atoms with Crippen LogP contribution in [0.1, 0.15) is 29.4 Å². The molecule has 0 aliphatic carbocycles. The number of carbonyl (C=O) groups is 1. The van der Waals surface area contributed by atoms with Crippen LogP contribution in [0.5, 0.6) is 5.75 Å². The first-order chi connectivity index (χ1) is 15.0. The highest BCUT2D eigenvalue weighted by atomic mass is 32.2. The Labute approximate surface area is 187 Å². The number of para-hydroxylation sites is 2. The predicted octanol–water partition coefficient (Wildman–Crippen LogP) is 4.95. The summed E-state index contributed by atoms with van der Waals surface area (Å²) in [4.78, 5) is 12.5. The maximum atomic E-state index is 12.5. The number of nitrogens with zero attached hydrogens (tertiary/aromatic N) is 3. The fraction of sp³-hybridized carbons (Fsp3) is 0.292. The van der Waals surface area contributed by atoms with E-state index in [1.54, 1.807) is 6.08 Å². The van der Waals surface area contributed by atoms with Gasteiger partial charge in [-0.25, -0.2) is 0 Å². The quantitative estimate of drug-likeness (QED) is 0.360. The summed E-state index contributed by atoms with van der Waals surface area (Å²) >= 11 is 1.35. The van der Waals surface area contributed by atoms with Gasteiger partial charge in [0.25, 0.3) is 0 Å². The number of carbonyl (C=O) groups excluding carboxylic acids is 1. The maximum absolute atomic E-state index is 12.5. The van der Waals surface area contributed by atoms with Crippen LogP contribution in [-0.4, -0.2) is 26.4 Å². The molecule has 3 rings (SSSR count). The molecule has 6 nitrogen and oxygen atoms in total. The highest BCUT2D eigenvalue weighted by Gasteiger charge is 2.15. The molecule has 7 heteroatoms. The highest BCUT2D eigenvalue weighted by molar-refractivity contribution is 7.99. The second kappa shape index (κ2) is 10.8. The molecule has 0 radical (unpaired) electrons. The number of rotatable bonds is 10. The molecule has 162 valence electrons. The normalized spacial score (nSPS) is 10.7. The van der Waals surface area contributed by atoms with Crippen LogP contribution in [0.3, 0.4) is 0 Å². The molecular formula is C24H28N4O2S. The summed E-state index contributed by atoms with van der Waals surface area (Å²) in [6.07, 6.45) is 2.65. The van der Waals surface area contributed by atoms with E-state index >= 15 is 0 Å². The van der Waals surface area contributed by atoms with Gasteiger partial charge in [0.05, 0.1) is 5.75 Å². The molecule has 2 aromatic carbocycles. The number of aromatic nitrogens is 3. The van der Waals surface area contributed by atoms with Gasteiger partial charge in [-0.2, -0.15) is 0 Å². The Kier molecular flexibility index (Phi) is 7.89. The van der Waals surface area contributed by atoms with E-state index in [0.717, 1.165) is 34.5 Å². The largest absolute Gasteiger partial charge is 0.485 e. The van der Waals surface area contributed by atoms with E-state index in [0.29, 0.717) is 24.1 Å². The van der Waals surface area contributed by atoms with Crippen molar-refractivity contribution in [3.8, 4) is 5.75 Å². The SMILES string of the molecule is C=CCn1c(COc2c(C)cccc2C)nnc1SCC(=O)Nc1ccccc1CC. The number of amides is 1. The van der Waals surface area contributed by atoms with E-state index in [-0.39, 0.29) is 11.7 Å². The zero-order valence-corrected chi connectivity index (χ0v) is 19.0. The number of nitrogens with one attached hydrogen (secondary N) is 1. The van der Waals surface area contributed by atoms with Crippen molar-refractivity contribution >= 4 is 23.4 Å². The number of ether oxygens (including phenoxy) is 1. The lowest BCUT2D eigenvalue weighted by atomic mass is 10.1. The molecule has 0 saturated heterocycles. The number of benzene rings is 2. The standard InChI is InChI=1S/C24H28N4O2S/c1-5-14-28-21(15-30-23-17(3)10-9-11-18(23)4)26-27-24(28)31-16-22(29)25-20-13-8-7-12-19(20)6-2/h5,7-13H,1,6,14-16H2,2-4H3,(H,25,29). The van der Waals surface area contributed by atoms with Crippen molar-refractivity contribution in [2.75, 3.05) is 11.1 Å². The smallest absolute Gasteiger partial charge is 0.234 e. The molecule has 0 spiro atoms. The molecule has 0 unspecified atom stereocenters. The molecule has 1 heterocycles. The van der Waals surface area contributed by atoms with E-state index in [9.17, 15) is 4.79 Å². The molecule has 31 heavy (non-hydrogen) atoms. The van der Waals surface area contributed by atoms with Gasteiger partial charge >= 0.3 is 0 Å². The van der Waals surface area contributed by atoms with Gasteiger partial charge in [0.2, 0.25) is 5.91 Å². The highest BCUT2D eigenvalue weighted by Crippen LogP contribution is 2.24. The van der Waals surface area contributed by atoms with Crippen molar-refractivity contribution in [3.05, 3.63) is 77.6 Å². The van der Waals surface area contributed by atoms with Gasteiger partial charge < -0.3 is 10.1 Å². The number of hydrogen-bond acceptors (Lipinski definition) is 5. The number of hydrogen-bond donors (Lipinski definition) is 1. The van der Waals surface area contributed by atoms with Gasteiger partial charge in [-0.3, -0.25) is 9.36 Å². The number of allylic oxidation sites excluding steroid dienone is 1. The first-order valence-electron chi connectivity index (χ1n) is 10.3. The van der Waals surface area contributed by atoms with E-state index in [4.69, 9.17) is 4.74 Å². The Bertz CT molecular complexity index is 1040. The third-order valence-electron chi connectivity index (χ3n) is 4.86. The third-order valence-corrected chi connectivity index (χ3v) is 5.83. The van der Waals surface area contributed by atoms with Crippen molar-refractivity contribution in [3.63, 3.8) is 0 Å². The summed E-state index contributed by atoms with van der Waals surface area (Å²) in [6.45, 7) is 10.8. The summed E-state index contributed by atoms with van der Waals surface area (Å²) in [5.74, 6) is 1.72. The fourth-order valence-electron chi connectivity index (χ4n) is 3.28. The maximum Gasteiger partial charge on any atom is 0.234 e. The molecule has 3 aromatic rings. The van der Waals surface area contributed by atoms with Gasteiger partial charge in [0, 0.05) is 12.2 Å². The molecular weight excluding hydrogens is 408 g/mol. The van der Waals surface area contributed by atoms with Crippen molar-refractivity contribution in [2.24, 2.45) is 0 Å². The van der Waals surface area contributed by atoms with E-state index in [1.807, 2.05) is 60.9 Å². The van der Waals surface area contributed by atoms with E-state index in [2.05, 4.69) is 29.0 Å². The molecule has 0 atom stereocenters. The van der Waals surface area contributed by atoms with Crippen molar-refractivity contribution in [2.45, 2.75) is 45.5 Å². The lowest BCUT2D eigenvalue weighted by molar-refractivity contribution is -0.113. The zero-order chi connectivity index (χ0) is 22.2. The van der Waals surface area contributed by atoms with Crippen LogP contribution in [0.4, 0.5) is 5.69 Å². The summed E-state index contributed by atoms with van der Waals surface area (Å²) in [5, 5.41) is 12.2. The van der Waals surface area contributed by atoms with Crippen LogP contribution in [-0.2, 0) is 24.4 Å². The van der Waals surface area contributed by atoms with Gasteiger partial charge in [0.15, 0.2) is 11.0 Å². The molecule has 1 amide bonds. The summed E-state index contributed by atoms with van der Waals surface area (Å²) in [5.41, 5.74) is 4.12. The summed E-state index contributed by atoms with van der Waals surface area (Å²) in [7, 11) is 0. The minimum absolute atomic E-state index is 0.0765. The molecule has 0 aliphatic rings. The molecule has 0 aliphatic heterocycles. The first kappa shape index (κ1) is 22.6. The lowest BCUT2D eigenvalue weighted by Crippen LogP contribution is -2.16. The van der Waals surface area contributed by atoms with Crippen LogP contribution in [0, 0.1) is 13.8 Å². The second-order valence-electron chi connectivity index (χ2n) is 7.16. The topological polar surface area (TPSA) is 69.0 Å². The second-order valence-corrected chi connectivity index (χ2v) is 8.10. The number of aryl methyl sites for hydroxylation is 3. The van der Waals surface area contributed by atoms with Crippen LogP contribution in [0.2, 0.25) is 0 Å². The minimum atomic E-state index is -0.0765. The minimum Gasteiger partial charge on any atom is -0.485 e.